The van der Waals surface area contributed by atoms with E-state index in [9.17, 15) is 0 Å². The Hall–Kier alpha value is -0.370. The molecule has 1 heterocycles. The Morgan fingerprint density at radius 2 is 2.71 bits per heavy atom. The van der Waals surface area contributed by atoms with E-state index in [0.717, 1.165) is 11.6 Å². The van der Waals surface area contributed by atoms with E-state index >= 15 is 0 Å². The lowest BCUT2D eigenvalue weighted by atomic mass is 10.6. The van der Waals surface area contributed by atoms with Gasteiger partial charge in [0.25, 0.3) is 0 Å². The zero-order chi connectivity index (χ0) is 5.11. The van der Waals surface area contributed by atoms with Crippen molar-refractivity contribution in [2.45, 2.75) is 0 Å². The lowest BCUT2D eigenvalue weighted by Gasteiger charge is -2.06. The molecule has 0 bridgehead atoms. The summed E-state index contributed by atoms with van der Waals surface area (Å²) in [6, 6.07) is 0. The van der Waals surface area contributed by atoms with Crippen LogP contribution in [0.25, 0.3) is 0 Å². The lowest BCUT2D eigenvalue weighted by molar-refractivity contribution is 0.968. The van der Waals surface area contributed by atoms with Gasteiger partial charge in [-0.05, 0) is 5.41 Å². The van der Waals surface area contributed by atoms with Gasteiger partial charge in [0, 0.05) is 6.54 Å². The van der Waals surface area contributed by atoms with Crippen molar-refractivity contribution in [1.29, 1.82) is 0 Å². The molecule has 2 heteroatoms. The summed E-state index contributed by atoms with van der Waals surface area (Å²) in [6.45, 7) is 4.65. The highest BCUT2D eigenvalue weighted by molar-refractivity contribution is 8.05. The van der Waals surface area contributed by atoms with Crippen LogP contribution in [0.5, 0.6) is 0 Å². The summed E-state index contributed by atoms with van der Waals surface area (Å²) in [6.07, 6.45) is 2.07. The molecule has 1 aliphatic heterocycles. The first-order chi connectivity index (χ1) is 3.39. The molecule has 0 radical (unpaired) electrons. The zero-order valence-electron chi connectivity index (χ0n) is 3.98. The Balaban J connectivity index is 2.47. The van der Waals surface area contributed by atoms with Crippen LogP contribution in [0, 0.1) is 0 Å². The van der Waals surface area contributed by atoms with Crippen LogP contribution < -0.4 is 5.32 Å². The highest BCUT2D eigenvalue weighted by Gasteiger charge is 1.91. The summed E-state index contributed by atoms with van der Waals surface area (Å²) in [4.78, 5) is 0. The van der Waals surface area contributed by atoms with E-state index in [1.807, 2.05) is 5.41 Å². The fourth-order valence-electron chi connectivity index (χ4n) is 0.393. The standard InChI is InChI=1S/C5H7NS/c1-5-6-3-2-4-7-5/h2,4,6H,1,3H2. The normalized spacial score (nSPS) is 19.1. The second-order valence-corrected chi connectivity index (χ2v) is 2.29. The van der Waals surface area contributed by atoms with Crippen LogP contribution in [0.4, 0.5) is 0 Å². The van der Waals surface area contributed by atoms with Gasteiger partial charge in [0.1, 0.15) is 0 Å². The quantitative estimate of drug-likeness (QED) is 0.508. The molecular weight excluding hydrogens is 106 g/mol. The van der Waals surface area contributed by atoms with Gasteiger partial charge < -0.3 is 5.32 Å². The summed E-state index contributed by atoms with van der Waals surface area (Å²) in [7, 11) is 0. The highest BCUT2D eigenvalue weighted by Crippen LogP contribution is 2.13. The molecule has 1 aliphatic rings. The van der Waals surface area contributed by atoms with Crippen molar-refractivity contribution in [3.8, 4) is 0 Å². The smallest absolute Gasteiger partial charge is 0.0653 e. The Morgan fingerprint density at radius 1 is 1.86 bits per heavy atom. The van der Waals surface area contributed by atoms with Crippen molar-refractivity contribution in [1.82, 2.24) is 5.32 Å². The minimum absolute atomic E-state index is 0.936. The number of hydrogen-bond donors (Lipinski definition) is 1. The fourth-order valence-corrected chi connectivity index (χ4v) is 0.916. The molecule has 38 valence electrons. The van der Waals surface area contributed by atoms with Crippen molar-refractivity contribution in [3.05, 3.63) is 23.1 Å². The van der Waals surface area contributed by atoms with Gasteiger partial charge in [-0.3, -0.25) is 0 Å². The third-order valence-electron chi connectivity index (χ3n) is 0.724. The van der Waals surface area contributed by atoms with E-state index in [1.54, 1.807) is 11.8 Å². The maximum Gasteiger partial charge on any atom is 0.0653 e. The fraction of sp³-hybridized carbons (Fsp3) is 0.200. The molecule has 0 fully saturated rings. The van der Waals surface area contributed by atoms with Gasteiger partial charge in [0.2, 0.25) is 0 Å². The molecule has 0 aromatic carbocycles. The predicted octanol–water partition coefficient (Wildman–Crippen LogP) is 1.31. The predicted molar refractivity (Wildman–Crippen MR) is 33.9 cm³/mol. The summed E-state index contributed by atoms with van der Waals surface area (Å²) < 4.78 is 0. The molecule has 0 saturated heterocycles. The van der Waals surface area contributed by atoms with Gasteiger partial charge in [-0.1, -0.05) is 24.4 Å². The monoisotopic (exact) mass is 113 g/mol. The molecule has 0 saturated carbocycles. The highest BCUT2D eigenvalue weighted by atomic mass is 32.2. The molecule has 0 spiro atoms. The van der Waals surface area contributed by atoms with E-state index in [0.29, 0.717) is 0 Å². The molecule has 0 atom stereocenters. The van der Waals surface area contributed by atoms with Crippen LogP contribution in [0.3, 0.4) is 0 Å². The largest absolute Gasteiger partial charge is 0.377 e. The second-order valence-electron chi connectivity index (χ2n) is 1.29. The van der Waals surface area contributed by atoms with Crippen LogP contribution in [-0.4, -0.2) is 6.54 Å². The first kappa shape index (κ1) is 4.78. The minimum atomic E-state index is 0.936. The van der Waals surface area contributed by atoms with Gasteiger partial charge in [0.05, 0.1) is 5.03 Å². The zero-order valence-corrected chi connectivity index (χ0v) is 4.79. The van der Waals surface area contributed by atoms with E-state index < -0.39 is 0 Å². The molecule has 7 heavy (non-hydrogen) atoms. The van der Waals surface area contributed by atoms with Gasteiger partial charge >= 0.3 is 0 Å². The molecule has 0 aromatic rings. The third-order valence-corrected chi connectivity index (χ3v) is 1.48. The second kappa shape index (κ2) is 2.07. The first-order valence-corrected chi connectivity index (χ1v) is 3.02. The number of thioether (sulfide) groups is 1. The van der Waals surface area contributed by atoms with Crippen LogP contribution in [-0.2, 0) is 0 Å². The van der Waals surface area contributed by atoms with E-state index in [4.69, 9.17) is 0 Å². The van der Waals surface area contributed by atoms with E-state index in [2.05, 4.69) is 18.0 Å². The average Bonchev–Trinajstić information content (AvgIpc) is 1.69. The van der Waals surface area contributed by atoms with Crippen molar-refractivity contribution in [2.75, 3.05) is 6.54 Å². The first-order valence-electron chi connectivity index (χ1n) is 2.14. The summed E-state index contributed by atoms with van der Waals surface area (Å²) >= 11 is 1.63. The maximum atomic E-state index is 3.71. The molecule has 0 amide bonds. The van der Waals surface area contributed by atoms with Crippen molar-refractivity contribution >= 4 is 11.8 Å². The SMILES string of the molecule is C=C1NCC=CS1. The molecule has 1 nitrogen and oxygen atoms in total. The van der Waals surface area contributed by atoms with E-state index in [-0.39, 0.29) is 0 Å². The van der Waals surface area contributed by atoms with Crippen molar-refractivity contribution in [3.63, 3.8) is 0 Å². The molecule has 1 rings (SSSR count). The Bertz CT molecular complexity index is 107. The van der Waals surface area contributed by atoms with Gasteiger partial charge in [-0.15, -0.1) is 0 Å². The number of nitrogens with one attached hydrogen (secondary N) is 1. The minimum Gasteiger partial charge on any atom is -0.377 e. The molecule has 0 aliphatic carbocycles. The topological polar surface area (TPSA) is 12.0 Å². The molecule has 1 N–H and O–H groups in total. The number of hydrogen-bond acceptors (Lipinski definition) is 2. The Kier molecular flexibility index (Phi) is 1.42. The maximum absolute atomic E-state index is 3.71. The van der Waals surface area contributed by atoms with Gasteiger partial charge in [-0.25, -0.2) is 0 Å². The van der Waals surface area contributed by atoms with E-state index in [1.165, 1.54) is 0 Å². The van der Waals surface area contributed by atoms with Gasteiger partial charge in [-0.2, -0.15) is 0 Å². The molecular formula is C5H7NS. The molecule has 0 unspecified atom stereocenters. The van der Waals surface area contributed by atoms with Crippen LogP contribution >= 0.6 is 11.8 Å². The van der Waals surface area contributed by atoms with Crippen LogP contribution in [0.2, 0.25) is 0 Å². The lowest BCUT2D eigenvalue weighted by Crippen LogP contribution is -2.11. The molecule has 0 aromatic heterocycles. The number of rotatable bonds is 0. The third kappa shape index (κ3) is 1.27. The Morgan fingerprint density at radius 3 is 3.00 bits per heavy atom. The Labute approximate surface area is 47.5 Å². The van der Waals surface area contributed by atoms with Crippen molar-refractivity contribution in [2.24, 2.45) is 0 Å². The summed E-state index contributed by atoms with van der Waals surface area (Å²) in [5, 5.41) is 6.15. The van der Waals surface area contributed by atoms with Crippen LogP contribution in [0.15, 0.2) is 23.1 Å². The summed E-state index contributed by atoms with van der Waals surface area (Å²) in [5.74, 6) is 0. The van der Waals surface area contributed by atoms with Crippen molar-refractivity contribution < 1.29 is 0 Å². The summed E-state index contributed by atoms with van der Waals surface area (Å²) in [5.41, 5.74) is 0. The van der Waals surface area contributed by atoms with Gasteiger partial charge in [0.15, 0.2) is 0 Å². The average molecular weight is 113 g/mol. The van der Waals surface area contributed by atoms with Crippen LogP contribution in [0.1, 0.15) is 0 Å².